The highest BCUT2D eigenvalue weighted by Crippen LogP contribution is 2.38. The van der Waals surface area contributed by atoms with E-state index in [9.17, 15) is 4.79 Å². The monoisotopic (exact) mass is 491 g/mol. The third-order valence-corrected chi connectivity index (χ3v) is 7.10. The molecule has 1 aromatic heterocycles. The minimum Gasteiger partial charge on any atom is -0.496 e. The zero-order chi connectivity index (χ0) is 25.6. The van der Waals surface area contributed by atoms with Crippen LogP contribution in [0.2, 0.25) is 0 Å². The molecule has 0 aliphatic heterocycles. The molecule has 0 fully saturated rings. The average Bonchev–Trinajstić information content (AvgIpc) is 3.36. The molecule has 1 aliphatic carbocycles. The van der Waals surface area contributed by atoms with Gasteiger partial charge in [0.25, 0.3) is 0 Å². The molecular formula is C33H33NO3. The maximum Gasteiger partial charge on any atom is 0.244 e. The first kappa shape index (κ1) is 24.6. The topological polar surface area (TPSA) is 51.5 Å². The van der Waals surface area contributed by atoms with E-state index < -0.39 is 0 Å². The van der Waals surface area contributed by atoms with Crippen LogP contribution < -0.4 is 10.1 Å². The number of allylic oxidation sites excluding steroid dienone is 2. The highest BCUT2D eigenvalue weighted by atomic mass is 16.5. The number of benzene rings is 3. The van der Waals surface area contributed by atoms with Gasteiger partial charge in [-0.2, -0.15) is 0 Å². The Morgan fingerprint density at radius 3 is 2.49 bits per heavy atom. The summed E-state index contributed by atoms with van der Waals surface area (Å²) in [5, 5.41) is 4.03. The number of hydrogen-bond acceptors (Lipinski definition) is 3. The second-order valence-corrected chi connectivity index (χ2v) is 9.62. The molecule has 1 N–H and O–H groups in total. The third-order valence-electron chi connectivity index (χ3n) is 7.10. The number of nitrogens with one attached hydrogen (secondary N) is 1. The van der Waals surface area contributed by atoms with Gasteiger partial charge in [-0.1, -0.05) is 66.2 Å². The lowest BCUT2D eigenvalue weighted by Crippen LogP contribution is -2.23. The van der Waals surface area contributed by atoms with Crippen LogP contribution in [0.1, 0.15) is 44.6 Å². The van der Waals surface area contributed by atoms with E-state index in [1.807, 2.05) is 31.2 Å². The van der Waals surface area contributed by atoms with Crippen molar-refractivity contribution >= 4 is 22.4 Å². The van der Waals surface area contributed by atoms with Gasteiger partial charge in [0.15, 0.2) is 0 Å². The molecule has 37 heavy (non-hydrogen) atoms. The second-order valence-electron chi connectivity index (χ2n) is 9.62. The zero-order valence-corrected chi connectivity index (χ0v) is 21.6. The minimum atomic E-state index is -0.0834. The predicted molar refractivity (Wildman–Crippen MR) is 151 cm³/mol. The van der Waals surface area contributed by atoms with Crippen molar-refractivity contribution in [2.45, 2.75) is 39.0 Å². The van der Waals surface area contributed by atoms with Gasteiger partial charge in [0.2, 0.25) is 5.91 Å². The Kier molecular flexibility index (Phi) is 7.55. The Balaban J connectivity index is 1.37. The number of hydrogen-bond donors (Lipinski definition) is 1. The van der Waals surface area contributed by atoms with Crippen LogP contribution in [0.5, 0.6) is 5.75 Å². The normalized spacial score (nSPS) is 13.9. The molecule has 4 aromatic rings. The zero-order valence-electron chi connectivity index (χ0n) is 21.6. The number of methoxy groups -OCH3 is 1. The quantitative estimate of drug-likeness (QED) is 0.200. The van der Waals surface area contributed by atoms with Gasteiger partial charge >= 0.3 is 0 Å². The molecule has 4 heteroatoms. The summed E-state index contributed by atoms with van der Waals surface area (Å²) in [5.41, 5.74) is 8.38. The number of amides is 1. The van der Waals surface area contributed by atoms with Gasteiger partial charge in [0.05, 0.1) is 13.4 Å². The number of furan rings is 1. The predicted octanol–water partition coefficient (Wildman–Crippen LogP) is 8.19. The van der Waals surface area contributed by atoms with Crippen molar-refractivity contribution in [2.24, 2.45) is 0 Å². The van der Waals surface area contributed by atoms with E-state index in [2.05, 4.69) is 53.9 Å². The van der Waals surface area contributed by atoms with Crippen molar-refractivity contribution in [3.8, 4) is 28.0 Å². The fourth-order valence-electron chi connectivity index (χ4n) is 5.03. The van der Waals surface area contributed by atoms with Crippen LogP contribution in [-0.4, -0.2) is 19.6 Å². The largest absolute Gasteiger partial charge is 0.496 e. The third kappa shape index (κ3) is 5.69. The first-order valence-corrected chi connectivity index (χ1v) is 13.0. The Labute approximate surface area is 218 Å². The van der Waals surface area contributed by atoms with E-state index in [1.54, 1.807) is 19.4 Å². The van der Waals surface area contributed by atoms with Gasteiger partial charge in [-0.3, -0.25) is 4.79 Å². The number of rotatable bonds is 8. The van der Waals surface area contributed by atoms with Crippen molar-refractivity contribution in [1.29, 1.82) is 0 Å². The standard InChI is InChI=1S/C33H33NO3/c1-23(19-33(35)34-18-17-24-9-5-3-6-10-24)28-20-29-30(22-37-32(29)21-31(28)36-2)27-15-13-26(14-16-27)25-11-7-4-8-12-25/h4,7-9,11-16,19-22H,3,5-6,10,17-18H2,1-2H3,(H,34,35)/b23-19+. The summed E-state index contributed by atoms with van der Waals surface area (Å²) in [4.78, 5) is 12.7. The van der Waals surface area contributed by atoms with Gasteiger partial charge in [0, 0.05) is 35.2 Å². The molecule has 0 radical (unpaired) electrons. The van der Waals surface area contributed by atoms with Crippen LogP contribution in [-0.2, 0) is 4.79 Å². The van der Waals surface area contributed by atoms with Crippen LogP contribution in [0.4, 0.5) is 0 Å². The van der Waals surface area contributed by atoms with Crippen molar-refractivity contribution in [3.63, 3.8) is 0 Å². The van der Waals surface area contributed by atoms with Crippen LogP contribution in [0.3, 0.4) is 0 Å². The fraction of sp³-hybridized carbons (Fsp3) is 0.242. The van der Waals surface area contributed by atoms with Gasteiger partial charge in [0.1, 0.15) is 11.3 Å². The number of fused-ring (bicyclic) bond motifs is 1. The Bertz CT molecular complexity index is 1440. The van der Waals surface area contributed by atoms with Gasteiger partial charge in [-0.15, -0.1) is 0 Å². The maximum atomic E-state index is 12.7. The van der Waals surface area contributed by atoms with E-state index in [1.165, 1.54) is 29.5 Å². The average molecular weight is 492 g/mol. The smallest absolute Gasteiger partial charge is 0.244 e. The summed E-state index contributed by atoms with van der Waals surface area (Å²) < 4.78 is 11.6. The lowest BCUT2D eigenvalue weighted by molar-refractivity contribution is -0.116. The molecule has 0 bridgehead atoms. The number of ether oxygens (including phenoxy) is 1. The van der Waals surface area contributed by atoms with Crippen molar-refractivity contribution in [1.82, 2.24) is 5.32 Å². The van der Waals surface area contributed by atoms with Gasteiger partial charge < -0.3 is 14.5 Å². The van der Waals surface area contributed by atoms with E-state index in [0.717, 1.165) is 52.5 Å². The summed E-state index contributed by atoms with van der Waals surface area (Å²) in [7, 11) is 1.64. The van der Waals surface area contributed by atoms with Crippen LogP contribution >= 0.6 is 0 Å². The maximum absolute atomic E-state index is 12.7. The SMILES string of the molecule is COc1cc2occ(-c3ccc(-c4ccccc4)cc3)c2cc1/C(C)=C/C(=O)NCCC1=CCCCC1. The summed E-state index contributed by atoms with van der Waals surface area (Å²) in [6.45, 7) is 2.61. The summed E-state index contributed by atoms with van der Waals surface area (Å²) in [5.74, 6) is 0.599. The van der Waals surface area contributed by atoms with Crippen LogP contribution in [0, 0.1) is 0 Å². The molecule has 0 atom stereocenters. The second kappa shape index (κ2) is 11.3. The highest BCUT2D eigenvalue weighted by molar-refractivity contribution is 6.00. The molecule has 3 aromatic carbocycles. The summed E-state index contributed by atoms with van der Waals surface area (Å²) in [6, 6.07) is 22.8. The van der Waals surface area contributed by atoms with Crippen molar-refractivity contribution < 1.29 is 13.9 Å². The molecular weight excluding hydrogens is 458 g/mol. The Hall–Kier alpha value is -4.05. The van der Waals surface area contributed by atoms with E-state index in [-0.39, 0.29) is 5.91 Å². The Morgan fingerprint density at radius 1 is 1.00 bits per heavy atom. The molecule has 1 amide bonds. The molecule has 4 nitrogen and oxygen atoms in total. The first-order valence-electron chi connectivity index (χ1n) is 13.0. The number of carbonyl (C=O) groups is 1. The molecule has 188 valence electrons. The molecule has 1 aliphatic rings. The van der Waals surface area contributed by atoms with Gasteiger partial charge in [-0.05, 0) is 67.4 Å². The lowest BCUT2D eigenvalue weighted by Gasteiger charge is -2.13. The Morgan fingerprint density at radius 2 is 1.76 bits per heavy atom. The van der Waals surface area contributed by atoms with Gasteiger partial charge in [-0.25, -0.2) is 0 Å². The lowest BCUT2D eigenvalue weighted by atomic mass is 9.97. The first-order chi connectivity index (χ1) is 18.1. The van der Waals surface area contributed by atoms with Crippen LogP contribution in [0.25, 0.3) is 38.8 Å². The molecule has 0 saturated carbocycles. The summed E-state index contributed by atoms with van der Waals surface area (Å²) >= 11 is 0. The van der Waals surface area contributed by atoms with E-state index in [4.69, 9.17) is 9.15 Å². The molecule has 0 saturated heterocycles. The van der Waals surface area contributed by atoms with Crippen LogP contribution in [0.15, 0.2) is 95.1 Å². The van der Waals surface area contributed by atoms with E-state index >= 15 is 0 Å². The highest BCUT2D eigenvalue weighted by Gasteiger charge is 2.15. The van der Waals surface area contributed by atoms with E-state index in [0.29, 0.717) is 12.3 Å². The van der Waals surface area contributed by atoms with Crippen molar-refractivity contribution in [2.75, 3.05) is 13.7 Å². The molecule has 5 rings (SSSR count). The fourth-order valence-corrected chi connectivity index (χ4v) is 5.03. The molecule has 0 spiro atoms. The minimum absolute atomic E-state index is 0.0834. The molecule has 0 unspecified atom stereocenters. The van der Waals surface area contributed by atoms with Crippen molar-refractivity contribution in [3.05, 3.63) is 96.3 Å². The molecule has 1 heterocycles. The summed E-state index contributed by atoms with van der Waals surface area (Å²) in [6.07, 6.45) is 11.6. The number of carbonyl (C=O) groups excluding carboxylic acids is 1.